The van der Waals surface area contributed by atoms with Crippen molar-refractivity contribution in [3.05, 3.63) is 0 Å². The van der Waals surface area contributed by atoms with E-state index in [9.17, 15) is 14.4 Å². The molecule has 128 valence electrons. The summed E-state index contributed by atoms with van der Waals surface area (Å²) in [6, 6.07) is -0.613. The minimum Gasteiger partial charge on any atom is -0.344 e. The maximum Gasteiger partial charge on any atom is 0.255 e. The number of nitrogens with zero attached hydrogens (tertiary/aromatic N) is 3. The van der Waals surface area contributed by atoms with Gasteiger partial charge in [-0.2, -0.15) is 5.10 Å². The van der Waals surface area contributed by atoms with Crippen LogP contribution in [0.3, 0.4) is 0 Å². The van der Waals surface area contributed by atoms with Crippen molar-refractivity contribution in [2.24, 2.45) is 15.9 Å². The number of carbonyl (C=O) groups excluding carboxylic acids is 3. The molecule has 2 rings (SSSR count). The first kappa shape index (κ1) is 17.4. The fourth-order valence-electron chi connectivity index (χ4n) is 2.94. The van der Waals surface area contributed by atoms with Gasteiger partial charge in [0.25, 0.3) is 5.91 Å². The second-order valence-electron chi connectivity index (χ2n) is 7.66. The van der Waals surface area contributed by atoms with Crippen molar-refractivity contribution < 1.29 is 14.4 Å². The fraction of sp³-hybridized carbons (Fsp3) is 0.750. The third kappa shape index (κ3) is 3.09. The van der Waals surface area contributed by atoms with Gasteiger partial charge in [-0.1, -0.05) is 20.8 Å². The molecule has 0 bridgehead atoms. The van der Waals surface area contributed by atoms with Crippen molar-refractivity contribution in [2.45, 2.75) is 47.1 Å². The van der Waals surface area contributed by atoms with E-state index in [1.54, 1.807) is 39.6 Å². The predicted octanol–water partition coefficient (Wildman–Crippen LogP) is 0.604. The van der Waals surface area contributed by atoms with E-state index in [0.29, 0.717) is 19.5 Å². The van der Waals surface area contributed by atoms with Gasteiger partial charge in [0.05, 0.1) is 5.71 Å². The summed E-state index contributed by atoms with van der Waals surface area (Å²) in [5.74, 6) is -0.415. The molecule has 7 heteroatoms. The zero-order valence-corrected chi connectivity index (χ0v) is 14.8. The molecule has 0 aliphatic carbocycles. The highest BCUT2D eigenvalue weighted by molar-refractivity contribution is 6.13. The van der Waals surface area contributed by atoms with Crippen molar-refractivity contribution in [1.29, 1.82) is 0 Å². The number of hydrazone groups is 1. The molecule has 1 N–H and O–H groups in total. The summed E-state index contributed by atoms with van der Waals surface area (Å²) in [4.78, 5) is 38.6. The number of carbonyl (C=O) groups is 3. The van der Waals surface area contributed by atoms with Crippen molar-refractivity contribution in [3.8, 4) is 0 Å². The average Bonchev–Trinajstić information content (AvgIpc) is 2.67. The van der Waals surface area contributed by atoms with Crippen LogP contribution in [-0.2, 0) is 14.4 Å². The highest BCUT2D eigenvalue weighted by atomic mass is 16.2. The molecule has 2 unspecified atom stereocenters. The smallest absolute Gasteiger partial charge is 0.255 e. The lowest BCUT2D eigenvalue weighted by molar-refractivity contribution is -0.142. The molecule has 2 atom stereocenters. The van der Waals surface area contributed by atoms with Crippen molar-refractivity contribution >= 4 is 23.4 Å². The van der Waals surface area contributed by atoms with E-state index in [1.807, 2.05) is 6.92 Å². The Kier molecular flexibility index (Phi) is 4.26. The minimum atomic E-state index is -0.740. The van der Waals surface area contributed by atoms with E-state index in [1.165, 1.54) is 5.01 Å². The highest BCUT2D eigenvalue weighted by Crippen LogP contribution is 2.34. The summed E-state index contributed by atoms with van der Waals surface area (Å²) < 4.78 is 0. The second kappa shape index (κ2) is 5.62. The molecular formula is C16H26N4O3. The minimum absolute atomic E-state index is 0.0867. The number of piperidine rings is 1. The van der Waals surface area contributed by atoms with Gasteiger partial charge in [0, 0.05) is 32.0 Å². The monoisotopic (exact) mass is 322 g/mol. The topological polar surface area (TPSA) is 82.1 Å². The van der Waals surface area contributed by atoms with Gasteiger partial charge in [-0.25, -0.2) is 5.01 Å². The van der Waals surface area contributed by atoms with Crippen LogP contribution in [0, 0.1) is 10.8 Å². The van der Waals surface area contributed by atoms with Crippen LogP contribution >= 0.6 is 0 Å². The first-order chi connectivity index (χ1) is 10.5. The van der Waals surface area contributed by atoms with Crippen LogP contribution in [0.4, 0.5) is 0 Å². The predicted molar refractivity (Wildman–Crippen MR) is 86.6 cm³/mol. The molecule has 2 aliphatic heterocycles. The fourth-order valence-corrected chi connectivity index (χ4v) is 2.94. The van der Waals surface area contributed by atoms with Gasteiger partial charge in [-0.3, -0.25) is 14.4 Å². The van der Waals surface area contributed by atoms with E-state index in [0.717, 1.165) is 5.71 Å². The molecule has 0 aromatic rings. The zero-order chi connectivity index (χ0) is 17.6. The van der Waals surface area contributed by atoms with E-state index >= 15 is 0 Å². The molecule has 1 saturated heterocycles. The molecule has 2 aliphatic rings. The summed E-state index contributed by atoms with van der Waals surface area (Å²) in [6.45, 7) is 9.75. The van der Waals surface area contributed by atoms with Gasteiger partial charge >= 0.3 is 0 Å². The molecule has 2 heterocycles. The molecule has 0 aromatic heterocycles. The number of hydrogen-bond donors (Lipinski definition) is 1. The quantitative estimate of drug-likeness (QED) is 0.808. The lowest BCUT2D eigenvalue weighted by Crippen LogP contribution is -2.57. The normalized spacial score (nSPS) is 25.8. The Morgan fingerprint density at radius 1 is 1.35 bits per heavy atom. The Hall–Kier alpha value is -1.92. The standard InChI is InChI=1S/C16H26N4O3/c1-10(17-13(22)15(2,3)4)12(21)20-8-7-11-16(5,9-20)14(23)19(6)18-11/h10H,7-9H2,1-6H3,(H,17,22). The SMILES string of the molecule is CC(NC(=O)C(C)(C)C)C(=O)N1CCC2=NN(C)C(=O)C2(C)C1. The van der Waals surface area contributed by atoms with Crippen LogP contribution in [0.15, 0.2) is 5.10 Å². The Balaban J connectivity index is 2.06. The van der Waals surface area contributed by atoms with Gasteiger partial charge in [0.1, 0.15) is 11.5 Å². The van der Waals surface area contributed by atoms with Gasteiger partial charge < -0.3 is 10.2 Å². The largest absolute Gasteiger partial charge is 0.344 e. The van der Waals surface area contributed by atoms with Crippen LogP contribution in [0.1, 0.15) is 41.0 Å². The molecule has 0 spiro atoms. The third-order valence-electron chi connectivity index (χ3n) is 4.51. The molecule has 0 aromatic carbocycles. The van der Waals surface area contributed by atoms with Crippen molar-refractivity contribution in [2.75, 3.05) is 20.1 Å². The Bertz CT molecular complexity index is 578. The summed E-state index contributed by atoms with van der Waals surface area (Å²) in [5.41, 5.74) is -0.455. The van der Waals surface area contributed by atoms with Crippen LogP contribution in [0.2, 0.25) is 0 Å². The van der Waals surface area contributed by atoms with Crippen molar-refractivity contribution in [3.63, 3.8) is 0 Å². The molecule has 0 radical (unpaired) electrons. The Morgan fingerprint density at radius 3 is 2.52 bits per heavy atom. The maximum absolute atomic E-state index is 12.6. The van der Waals surface area contributed by atoms with Crippen LogP contribution in [0.25, 0.3) is 0 Å². The van der Waals surface area contributed by atoms with E-state index in [4.69, 9.17) is 0 Å². The van der Waals surface area contributed by atoms with Gasteiger partial charge in [-0.05, 0) is 13.8 Å². The van der Waals surface area contributed by atoms with Gasteiger partial charge in [0.2, 0.25) is 11.8 Å². The average molecular weight is 322 g/mol. The van der Waals surface area contributed by atoms with E-state index < -0.39 is 16.9 Å². The van der Waals surface area contributed by atoms with Crippen LogP contribution in [0.5, 0.6) is 0 Å². The lowest BCUT2D eigenvalue weighted by atomic mass is 9.79. The maximum atomic E-state index is 12.6. The number of amides is 3. The first-order valence-electron chi connectivity index (χ1n) is 7.92. The Labute approximate surface area is 137 Å². The highest BCUT2D eigenvalue weighted by Gasteiger charge is 2.50. The van der Waals surface area contributed by atoms with E-state index in [-0.39, 0.29) is 17.7 Å². The molecule has 0 saturated carbocycles. The number of rotatable bonds is 2. The molecule has 3 amide bonds. The first-order valence-corrected chi connectivity index (χ1v) is 7.92. The molecule has 1 fully saturated rings. The summed E-state index contributed by atoms with van der Waals surface area (Å²) in [7, 11) is 1.64. The van der Waals surface area contributed by atoms with Gasteiger partial charge in [0.15, 0.2) is 0 Å². The van der Waals surface area contributed by atoms with Crippen LogP contribution in [-0.4, -0.2) is 59.5 Å². The second-order valence-corrected chi connectivity index (χ2v) is 7.66. The Morgan fingerprint density at radius 2 is 1.96 bits per heavy atom. The molecular weight excluding hydrogens is 296 g/mol. The number of hydrogen-bond acceptors (Lipinski definition) is 4. The summed E-state index contributed by atoms with van der Waals surface area (Å²) in [5, 5.41) is 8.38. The van der Waals surface area contributed by atoms with Gasteiger partial charge in [-0.15, -0.1) is 0 Å². The molecule has 7 nitrogen and oxygen atoms in total. The number of nitrogens with one attached hydrogen (secondary N) is 1. The number of likely N-dealkylation sites (tertiary alicyclic amines) is 1. The molecule has 23 heavy (non-hydrogen) atoms. The summed E-state index contributed by atoms with van der Waals surface area (Å²) >= 11 is 0. The summed E-state index contributed by atoms with van der Waals surface area (Å²) in [6.07, 6.45) is 0.582. The van der Waals surface area contributed by atoms with Crippen molar-refractivity contribution in [1.82, 2.24) is 15.2 Å². The number of fused-ring (bicyclic) bond motifs is 1. The third-order valence-corrected chi connectivity index (χ3v) is 4.51. The van der Waals surface area contributed by atoms with Crippen LogP contribution < -0.4 is 5.32 Å². The lowest BCUT2D eigenvalue weighted by Gasteiger charge is -2.38. The van der Waals surface area contributed by atoms with E-state index in [2.05, 4.69) is 10.4 Å². The zero-order valence-electron chi connectivity index (χ0n) is 14.8.